The number of sulfonamides is 1. The largest absolute Gasteiger partial charge is 0.619 e. The molecule has 8 nitrogen and oxygen atoms in total. The van der Waals surface area contributed by atoms with Gasteiger partial charge in [-0.2, -0.15) is 4.73 Å². The van der Waals surface area contributed by atoms with Crippen LogP contribution in [0.2, 0.25) is 0 Å². The maximum atomic E-state index is 13.7. The van der Waals surface area contributed by atoms with Crippen LogP contribution in [-0.2, 0) is 10.0 Å². The van der Waals surface area contributed by atoms with Crippen LogP contribution in [-0.4, -0.2) is 30.6 Å². The molecule has 0 spiro atoms. The molecule has 0 aliphatic heterocycles. The van der Waals surface area contributed by atoms with Crippen molar-refractivity contribution in [3.05, 3.63) is 59.6 Å². The van der Waals surface area contributed by atoms with Gasteiger partial charge in [0.2, 0.25) is 15.8 Å². The van der Waals surface area contributed by atoms with Crippen LogP contribution >= 0.6 is 0 Å². The highest BCUT2D eigenvalue weighted by Crippen LogP contribution is 2.31. The number of para-hydroxylation sites is 2. The summed E-state index contributed by atoms with van der Waals surface area (Å²) in [5.74, 6) is -0.891. The number of nitrogens with one attached hydrogen (secondary N) is 1. The van der Waals surface area contributed by atoms with Gasteiger partial charge in [0.15, 0.2) is 18.5 Å². The maximum Gasteiger partial charge on any atom is 0.279 e. The molecule has 0 aliphatic carbocycles. The van der Waals surface area contributed by atoms with E-state index in [-0.39, 0.29) is 17.1 Å². The summed E-state index contributed by atoms with van der Waals surface area (Å²) in [6.07, 6.45) is -2.41. The number of aromatic nitrogens is 3. The van der Waals surface area contributed by atoms with E-state index in [4.69, 9.17) is 4.74 Å². The summed E-state index contributed by atoms with van der Waals surface area (Å²) in [4.78, 5) is 8.34. The van der Waals surface area contributed by atoms with Gasteiger partial charge in [-0.3, -0.25) is 4.72 Å². The number of hydrogen-bond acceptors (Lipinski definition) is 6. The molecule has 0 saturated carbocycles. The van der Waals surface area contributed by atoms with Crippen LogP contribution in [0.25, 0.3) is 11.0 Å². The molecular weight excluding hydrogens is 406 g/mol. The van der Waals surface area contributed by atoms with Gasteiger partial charge in [-0.25, -0.2) is 27.2 Å². The van der Waals surface area contributed by atoms with Crippen molar-refractivity contribution in [2.24, 2.45) is 0 Å². The first-order valence-corrected chi connectivity index (χ1v) is 10.3. The van der Waals surface area contributed by atoms with Crippen molar-refractivity contribution in [2.45, 2.75) is 25.9 Å². The third-order valence-electron chi connectivity index (χ3n) is 3.86. The normalized spacial score (nSPS) is 12.8. The lowest BCUT2D eigenvalue weighted by Gasteiger charge is -2.19. The van der Waals surface area contributed by atoms with Gasteiger partial charge in [0.25, 0.3) is 12.3 Å². The Kier molecular flexibility index (Phi) is 6.06. The molecule has 1 unspecified atom stereocenters. The zero-order valence-electron chi connectivity index (χ0n) is 15.3. The van der Waals surface area contributed by atoms with Gasteiger partial charge < -0.3 is 9.94 Å². The standard InChI is InChI=1S/C18H18F2N4O4S/c1-2-10-29(26,27)23-17-18(22-14-8-4-3-7-13(14)21-17)28-15(16(19)20)12-6-5-9-24(25)11-12/h3-9,11,15-16H,2,10H2,1H3,(H,21,23). The second-order valence-electron chi connectivity index (χ2n) is 6.16. The molecule has 3 rings (SSSR count). The molecule has 0 amide bonds. The number of rotatable bonds is 8. The predicted molar refractivity (Wildman–Crippen MR) is 102 cm³/mol. The van der Waals surface area contributed by atoms with E-state index in [1.807, 2.05) is 0 Å². The summed E-state index contributed by atoms with van der Waals surface area (Å²) < 4.78 is 59.7. The van der Waals surface area contributed by atoms with Crippen molar-refractivity contribution in [1.29, 1.82) is 0 Å². The van der Waals surface area contributed by atoms with Gasteiger partial charge in [-0.15, -0.1) is 0 Å². The number of ether oxygens (including phenoxy) is 1. The summed E-state index contributed by atoms with van der Waals surface area (Å²) in [5.41, 5.74) is 0.607. The molecule has 0 saturated heterocycles. The minimum Gasteiger partial charge on any atom is -0.619 e. The van der Waals surface area contributed by atoms with E-state index in [9.17, 15) is 22.4 Å². The zero-order chi connectivity index (χ0) is 21.0. The van der Waals surface area contributed by atoms with E-state index in [1.54, 1.807) is 31.2 Å². The Labute approximate surface area is 165 Å². The number of hydrogen-bond donors (Lipinski definition) is 1. The second-order valence-corrected chi connectivity index (χ2v) is 8.00. The fourth-order valence-corrected chi connectivity index (χ4v) is 3.69. The lowest BCUT2D eigenvalue weighted by Crippen LogP contribution is -2.28. The Morgan fingerprint density at radius 1 is 1.17 bits per heavy atom. The third-order valence-corrected chi connectivity index (χ3v) is 5.31. The van der Waals surface area contributed by atoms with Gasteiger partial charge in [-0.05, 0) is 24.6 Å². The highest BCUT2D eigenvalue weighted by atomic mass is 32.2. The molecule has 1 N–H and O–H groups in total. The monoisotopic (exact) mass is 424 g/mol. The van der Waals surface area contributed by atoms with Gasteiger partial charge in [0, 0.05) is 6.07 Å². The Morgan fingerprint density at radius 2 is 1.86 bits per heavy atom. The molecule has 1 aromatic carbocycles. The molecular formula is C18H18F2N4O4S. The number of alkyl halides is 2. The van der Waals surface area contributed by atoms with Crippen molar-refractivity contribution in [3.8, 4) is 5.88 Å². The molecule has 0 fully saturated rings. The van der Waals surface area contributed by atoms with E-state index >= 15 is 0 Å². The van der Waals surface area contributed by atoms with E-state index in [2.05, 4.69) is 14.7 Å². The van der Waals surface area contributed by atoms with Crippen LogP contribution in [0.1, 0.15) is 25.0 Å². The first-order chi connectivity index (χ1) is 13.8. The van der Waals surface area contributed by atoms with Crippen LogP contribution in [0.3, 0.4) is 0 Å². The lowest BCUT2D eigenvalue weighted by atomic mass is 10.2. The number of halogens is 2. The summed E-state index contributed by atoms with van der Waals surface area (Å²) in [6.45, 7) is 1.68. The number of anilines is 1. The van der Waals surface area contributed by atoms with Crippen LogP contribution in [0.4, 0.5) is 14.6 Å². The Bertz CT molecular complexity index is 1110. The fourth-order valence-electron chi connectivity index (χ4n) is 2.63. The summed E-state index contributed by atoms with van der Waals surface area (Å²) in [6, 6.07) is 9.15. The average molecular weight is 424 g/mol. The molecule has 0 bridgehead atoms. The number of benzene rings is 1. The molecule has 29 heavy (non-hydrogen) atoms. The van der Waals surface area contributed by atoms with Gasteiger partial charge in [-0.1, -0.05) is 19.1 Å². The number of fused-ring (bicyclic) bond motifs is 1. The molecule has 154 valence electrons. The highest BCUT2D eigenvalue weighted by molar-refractivity contribution is 7.92. The van der Waals surface area contributed by atoms with Gasteiger partial charge in [0.1, 0.15) is 0 Å². The minimum absolute atomic E-state index is 0.0881. The predicted octanol–water partition coefficient (Wildman–Crippen LogP) is 2.80. The Balaban J connectivity index is 2.06. The third kappa shape index (κ3) is 5.05. The minimum atomic E-state index is -3.78. The van der Waals surface area contributed by atoms with Crippen molar-refractivity contribution in [1.82, 2.24) is 9.97 Å². The fraction of sp³-hybridized carbons (Fsp3) is 0.278. The SMILES string of the molecule is CCCS(=O)(=O)Nc1nc2ccccc2nc1OC(c1ccc[n+]([O-])c1)C(F)F. The molecule has 0 aliphatic rings. The maximum absolute atomic E-state index is 13.7. The van der Waals surface area contributed by atoms with E-state index in [1.165, 1.54) is 12.1 Å². The van der Waals surface area contributed by atoms with Crippen LogP contribution in [0.5, 0.6) is 5.88 Å². The Morgan fingerprint density at radius 3 is 2.48 bits per heavy atom. The van der Waals surface area contributed by atoms with Gasteiger partial charge in [0.05, 0.1) is 22.3 Å². The second kappa shape index (κ2) is 8.52. The molecule has 2 heterocycles. The van der Waals surface area contributed by atoms with E-state index in [0.29, 0.717) is 22.2 Å². The summed E-state index contributed by atoms with van der Waals surface area (Å²) in [7, 11) is -3.78. The summed E-state index contributed by atoms with van der Waals surface area (Å²) in [5, 5.41) is 11.5. The van der Waals surface area contributed by atoms with Crippen molar-refractivity contribution >= 4 is 26.9 Å². The van der Waals surface area contributed by atoms with E-state index in [0.717, 1.165) is 12.4 Å². The smallest absolute Gasteiger partial charge is 0.279 e. The van der Waals surface area contributed by atoms with Crippen molar-refractivity contribution in [2.75, 3.05) is 10.5 Å². The lowest BCUT2D eigenvalue weighted by molar-refractivity contribution is -0.606. The highest BCUT2D eigenvalue weighted by Gasteiger charge is 2.29. The Hall–Kier alpha value is -3.08. The first kappa shape index (κ1) is 20.6. The van der Waals surface area contributed by atoms with Crippen LogP contribution in [0.15, 0.2) is 48.8 Å². The van der Waals surface area contributed by atoms with Crippen LogP contribution in [0, 0.1) is 5.21 Å². The summed E-state index contributed by atoms with van der Waals surface area (Å²) >= 11 is 0. The van der Waals surface area contributed by atoms with E-state index < -0.39 is 28.4 Å². The first-order valence-electron chi connectivity index (χ1n) is 8.70. The number of pyridine rings is 1. The van der Waals surface area contributed by atoms with Crippen LogP contribution < -0.4 is 14.2 Å². The topological polar surface area (TPSA) is 108 Å². The molecule has 1 atom stereocenters. The molecule has 0 radical (unpaired) electrons. The zero-order valence-corrected chi connectivity index (χ0v) is 16.1. The average Bonchev–Trinajstić information content (AvgIpc) is 2.65. The van der Waals surface area contributed by atoms with Gasteiger partial charge >= 0.3 is 0 Å². The quantitative estimate of drug-likeness (QED) is 0.440. The van der Waals surface area contributed by atoms with Crippen molar-refractivity contribution in [3.63, 3.8) is 0 Å². The molecule has 11 heteroatoms. The van der Waals surface area contributed by atoms with Crippen molar-refractivity contribution < 1.29 is 26.7 Å². The number of nitrogens with zero attached hydrogens (tertiary/aromatic N) is 3. The molecule has 3 aromatic rings. The molecule has 2 aromatic heterocycles.